The molecule has 0 unspecified atom stereocenters. The SMILES string of the molecule is CCCCCCCC1CC[C@]2(CC1)C[C@@]1(CC[C@H](C3CCC(CCC)CC3)CC1)C2=O. The molecule has 4 aliphatic rings. The molecule has 1 heteroatoms. The fourth-order valence-corrected chi connectivity index (χ4v) is 8.65. The van der Waals surface area contributed by atoms with Gasteiger partial charge in [-0.3, -0.25) is 4.79 Å². The van der Waals surface area contributed by atoms with Gasteiger partial charge in [0.15, 0.2) is 0 Å². The first-order valence-electron chi connectivity index (χ1n) is 14.7. The minimum absolute atomic E-state index is 0.142. The molecule has 31 heavy (non-hydrogen) atoms. The van der Waals surface area contributed by atoms with E-state index < -0.39 is 0 Å². The molecule has 4 fully saturated rings. The molecule has 178 valence electrons. The van der Waals surface area contributed by atoms with E-state index in [1.54, 1.807) is 0 Å². The number of hydrogen-bond acceptors (Lipinski definition) is 1. The highest BCUT2D eigenvalue weighted by Gasteiger charge is 2.63. The van der Waals surface area contributed by atoms with Crippen molar-refractivity contribution < 1.29 is 4.79 Å². The highest BCUT2D eigenvalue weighted by atomic mass is 16.1. The molecule has 0 amide bonds. The lowest BCUT2D eigenvalue weighted by Gasteiger charge is -2.59. The first-order valence-corrected chi connectivity index (χ1v) is 14.7. The summed E-state index contributed by atoms with van der Waals surface area (Å²) in [5.74, 6) is 4.63. The molecule has 1 nitrogen and oxygen atoms in total. The van der Waals surface area contributed by atoms with E-state index in [9.17, 15) is 4.79 Å². The van der Waals surface area contributed by atoms with Crippen LogP contribution in [0.15, 0.2) is 0 Å². The topological polar surface area (TPSA) is 17.1 Å². The molecule has 4 saturated carbocycles. The van der Waals surface area contributed by atoms with E-state index in [-0.39, 0.29) is 10.8 Å². The summed E-state index contributed by atoms with van der Waals surface area (Å²) in [6.07, 6.45) is 28.9. The van der Waals surface area contributed by atoms with E-state index >= 15 is 0 Å². The fraction of sp³-hybridized carbons (Fsp3) is 0.967. The number of carbonyl (C=O) groups is 1. The Labute approximate surface area is 193 Å². The van der Waals surface area contributed by atoms with Crippen molar-refractivity contribution in [2.24, 2.45) is 34.5 Å². The maximum Gasteiger partial charge on any atom is 0.145 e. The Hall–Kier alpha value is -0.330. The molecular weight excluding hydrogens is 376 g/mol. The summed E-state index contributed by atoms with van der Waals surface area (Å²) >= 11 is 0. The number of carbonyl (C=O) groups excluding carboxylic acids is 1. The predicted molar refractivity (Wildman–Crippen MR) is 132 cm³/mol. The predicted octanol–water partition coefficient (Wildman–Crippen LogP) is 9.28. The Bertz CT molecular complexity index is 553. The van der Waals surface area contributed by atoms with Crippen molar-refractivity contribution in [2.75, 3.05) is 0 Å². The van der Waals surface area contributed by atoms with Gasteiger partial charge in [-0.15, -0.1) is 0 Å². The normalized spacial score (nSPS) is 40.9. The molecular formula is C30H52O. The summed E-state index contributed by atoms with van der Waals surface area (Å²) in [6.45, 7) is 4.64. The zero-order valence-corrected chi connectivity index (χ0v) is 21.1. The van der Waals surface area contributed by atoms with E-state index in [0.29, 0.717) is 0 Å². The Morgan fingerprint density at radius 3 is 1.74 bits per heavy atom. The summed E-state index contributed by atoms with van der Waals surface area (Å²) in [7, 11) is 0. The van der Waals surface area contributed by atoms with E-state index in [1.807, 2.05) is 0 Å². The lowest BCUT2D eigenvalue weighted by atomic mass is 9.42. The van der Waals surface area contributed by atoms with Crippen LogP contribution in [0.2, 0.25) is 0 Å². The van der Waals surface area contributed by atoms with Crippen LogP contribution in [0.5, 0.6) is 0 Å². The quantitative estimate of drug-likeness (QED) is 0.334. The monoisotopic (exact) mass is 428 g/mol. The molecule has 0 aliphatic heterocycles. The maximum atomic E-state index is 13.6. The van der Waals surface area contributed by atoms with Crippen LogP contribution >= 0.6 is 0 Å². The second-order valence-corrected chi connectivity index (χ2v) is 12.6. The van der Waals surface area contributed by atoms with Crippen LogP contribution in [0.25, 0.3) is 0 Å². The molecule has 0 aromatic heterocycles. The summed E-state index contributed by atoms with van der Waals surface area (Å²) in [5.41, 5.74) is 0.284. The third-order valence-corrected chi connectivity index (χ3v) is 10.7. The molecule has 0 heterocycles. The van der Waals surface area contributed by atoms with Crippen molar-refractivity contribution in [3.8, 4) is 0 Å². The molecule has 0 aromatic carbocycles. The van der Waals surface area contributed by atoms with Crippen molar-refractivity contribution in [1.29, 1.82) is 0 Å². The fourth-order valence-electron chi connectivity index (χ4n) is 8.65. The molecule has 0 N–H and O–H groups in total. The molecule has 4 aliphatic carbocycles. The molecule has 0 bridgehead atoms. The standard InChI is InChI=1S/C30H52O/c1-3-5-6-7-8-10-25-15-19-29(20-16-25)23-30(28(29)31)21-17-27(18-22-30)26-13-11-24(9-4-2)12-14-26/h24-27H,3-23H2,1-2H3/t24?,25?,26?,27-,29-,30-. The number of Topliss-reactive ketones (excluding diaryl/α,β-unsaturated/α-hetero) is 1. The van der Waals surface area contributed by atoms with Gasteiger partial charge in [0.1, 0.15) is 5.78 Å². The van der Waals surface area contributed by atoms with Gasteiger partial charge in [-0.05, 0) is 94.3 Å². The summed E-state index contributed by atoms with van der Waals surface area (Å²) in [5, 5.41) is 0. The average Bonchev–Trinajstić information content (AvgIpc) is 2.81. The van der Waals surface area contributed by atoms with Crippen molar-refractivity contribution >= 4 is 5.78 Å². The van der Waals surface area contributed by atoms with Gasteiger partial charge in [-0.25, -0.2) is 0 Å². The first kappa shape index (κ1) is 23.8. The van der Waals surface area contributed by atoms with Crippen LogP contribution < -0.4 is 0 Å². The lowest BCUT2D eigenvalue weighted by Crippen LogP contribution is -2.59. The molecule has 0 atom stereocenters. The highest BCUT2D eigenvalue weighted by molar-refractivity contribution is 5.96. The molecule has 0 saturated heterocycles. The van der Waals surface area contributed by atoms with Gasteiger partial charge in [-0.1, -0.05) is 78.1 Å². The van der Waals surface area contributed by atoms with Crippen molar-refractivity contribution in [2.45, 2.75) is 149 Å². The van der Waals surface area contributed by atoms with Crippen LogP contribution in [0.1, 0.15) is 149 Å². The van der Waals surface area contributed by atoms with E-state index in [0.717, 1.165) is 29.5 Å². The van der Waals surface area contributed by atoms with Gasteiger partial charge >= 0.3 is 0 Å². The molecule has 4 rings (SSSR count). The number of rotatable bonds is 9. The number of unbranched alkanes of at least 4 members (excludes halogenated alkanes) is 4. The Morgan fingerprint density at radius 2 is 1.16 bits per heavy atom. The zero-order chi connectivity index (χ0) is 21.7. The van der Waals surface area contributed by atoms with Gasteiger partial charge in [-0.2, -0.15) is 0 Å². The Balaban J connectivity index is 1.17. The van der Waals surface area contributed by atoms with E-state index in [1.165, 1.54) is 135 Å². The van der Waals surface area contributed by atoms with Crippen molar-refractivity contribution in [3.63, 3.8) is 0 Å². The van der Waals surface area contributed by atoms with Gasteiger partial charge < -0.3 is 0 Å². The maximum absolute atomic E-state index is 13.6. The van der Waals surface area contributed by atoms with Gasteiger partial charge in [0, 0.05) is 10.8 Å². The Morgan fingerprint density at radius 1 is 0.613 bits per heavy atom. The van der Waals surface area contributed by atoms with Crippen LogP contribution in [0.4, 0.5) is 0 Å². The minimum atomic E-state index is 0.142. The van der Waals surface area contributed by atoms with Gasteiger partial charge in [0.2, 0.25) is 0 Å². The molecule has 0 aromatic rings. The third kappa shape index (κ3) is 5.27. The first-order chi connectivity index (χ1) is 15.1. The summed E-state index contributed by atoms with van der Waals surface area (Å²) < 4.78 is 0. The number of ketones is 1. The van der Waals surface area contributed by atoms with Crippen LogP contribution in [-0.2, 0) is 4.79 Å². The summed E-state index contributed by atoms with van der Waals surface area (Å²) in [6, 6.07) is 0. The second-order valence-electron chi connectivity index (χ2n) is 12.6. The van der Waals surface area contributed by atoms with Gasteiger partial charge in [0.05, 0.1) is 0 Å². The minimum Gasteiger partial charge on any atom is -0.298 e. The van der Waals surface area contributed by atoms with Crippen molar-refractivity contribution in [3.05, 3.63) is 0 Å². The van der Waals surface area contributed by atoms with E-state index in [2.05, 4.69) is 13.8 Å². The largest absolute Gasteiger partial charge is 0.298 e. The van der Waals surface area contributed by atoms with E-state index in [4.69, 9.17) is 0 Å². The molecule has 2 spiro atoms. The second kappa shape index (κ2) is 10.7. The van der Waals surface area contributed by atoms with Crippen molar-refractivity contribution in [1.82, 2.24) is 0 Å². The van der Waals surface area contributed by atoms with Gasteiger partial charge in [0.25, 0.3) is 0 Å². The third-order valence-electron chi connectivity index (χ3n) is 10.7. The lowest BCUT2D eigenvalue weighted by molar-refractivity contribution is -0.169. The highest BCUT2D eigenvalue weighted by Crippen LogP contribution is 2.64. The van der Waals surface area contributed by atoms with Crippen LogP contribution in [0.3, 0.4) is 0 Å². The Kier molecular flexibility index (Phi) is 8.24. The number of hydrogen-bond donors (Lipinski definition) is 0. The summed E-state index contributed by atoms with van der Waals surface area (Å²) in [4.78, 5) is 13.6. The molecule has 0 radical (unpaired) electrons. The van der Waals surface area contributed by atoms with Crippen LogP contribution in [0, 0.1) is 34.5 Å². The smallest absolute Gasteiger partial charge is 0.145 e. The average molecular weight is 429 g/mol. The van der Waals surface area contributed by atoms with Crippen LogP contribution in [-0.4, -0.2) is 5.78 Å². The zero-order valence-electron chi connectivity index (χ0n) is 21.1.